The Morgan fingerprint density at radius 3 is 1.06 bits per heavy atom. The van der Waals surface area contributed by atoms with Crippen molar-refractivity contribution in [3.63, 3.8) is 0 Å². The van der Waals surface area contributed by atoms with Crippen LogP contribution in [0.4, 0.5) is 0 Å². The second kappa shape index (κ2) is 13.2. The minimum atomic E-state index is 0. The second-order valence-electron chi connectivity index (χ2n) is 12.2. The smallest absolute Gasteiger partial charge is 0.144 e. The van der Waals surface area contributed by atoms with Crippen molar-refractivity contribution < 1.29 is 10.6 Å². The van der Waals surface area contributed by atoms with Crippen molar-refractivity contribution in [3.8, 4) is 0 Å². The van der Waals surface area contributed by atoms with Crippen LogP contribution in [0.5, 0.6) is 0 Å². The first-order valence-corrected chi connectivity index (χ1v) is 16.3. The number of nitrogens with two attached hydrogens (primary N) is 2. The maximum absolute atomic E-state index is 5.39. The molecule has 4 aromatic rings. The van der Waals surface area contributed by atoms with Gasteiger partial charge in [-0.15, -0.1) is 0 Å². The summed E-state index contributed by atoms with van der Waals surface area (Å²) >= 11 is 0. The van der Waals surface area contributed by atoms with Crippen molar-refractivity contribution in [2.24, 2.45) is 9.98 Å². The molecule has 8 bridgehead atoms. The van der Waals surface area contributed by atoms with Gasteiger partial charge in [-0.1, -0.05) is 121 Å². The van der Waals surface area contributed by atoms with Crippen LogP contribution in [-0.4, -0.2) is 35.3 Å². The summed E-state index contributed by atoms with van der Waals surface area (Å²) in [5.41, 5.74) is 17.3. The predicted octanol–water partition coefficient (Wildman–Crippen LogP) is 6.76. The van der Waals surface area contributed by atoms with Gasteiger partial charge in [-0.05, 0) is 46.6 Å². The molecule has 5 aliphatic heterocycles. The summed E-state index contributed by atoms with van der Waals surface area (Å²) in [6, 6.07) is 42.4. The molecule has 4 radical (unpaired) electrons. The fraction of sp³-hybridized carbons (Fsp3) is 0. The van der Waals surface area contributed by atoms with E-state index in [9.17, 15) is 0 Å². The molecule has 4 N–H and O–H groups in total. The Balaban J connectivity index is 0.00000348. The van der Waals surface area contributed by atoms with Gasteiger partial charge in [0.2, 0.25) is 0 Å². The van der Waals surface area contributed by atoms with Gasteiger partial charge in [0.25, 0.3) is 0 Å². The van der Waals surface area contributed by atoms with Crippen molar-refractivity contribution in [1.82, 2.24) is 0 Å². The van der Waals surface area contributed by atoms with E-state index in [1.807, 2.05) is 0 Å². The first-order chi connectivity index (χ1) is 23.8. The average Bonchev–Trinajstić information content (AvgIpc) is 3.98. The fourth-order valence-electron chi connectivity index (χ4n) is 7.06. The van der Waals surface area contributed by atoms with Gasteiger partial charge >= 0.3 is 0 Å². The molecule has 0 fully saturated rings. The second-order valence-corrected chi connectivity index (χ2v) is 12.2. The maximum Gasteiger partial charge on any atom is 0.144 e. The molecule has 49 heavy (non-hydrogen) atoms. The van der Waals surface area contributed by atoms with Gasteiger partial charge in [0.05, 0.1) is 45.1 Å². The molecular weight excluding hydrogens is 703 g/mol. The number of rotatable bonds is 4. The van der Waals surface area contributed by atoms with E-state index < -0.39 is 0 Å². The number of benzene rings is 4. The standard InChI is InChI=1S/C44H30N4.Sn/c1-5-13-29(14-6-1)41-33-21-23-35(45-33)42(30-15-7-2-8-16-30)37-25-27-39(47-37)44(32-19-11-4-12-20-32)40-28-26-38(48-40)43(31-17-9-3-10-18-31)36-24-22-34(41)46-36;/h1-28,45,48H;/p+2. The first kappa shape index (κ1) is 30.9. The summed E-state index contributed by atoms with van der Waals surface area (Å²) in [4.78, 5) is 10.8. The van der Waals surface area contributed by atoms with Gasteiger partial charge < -0.3 is 0 Å². The van der Waals surface area contributed by atoms with Crippen LogP contribution in [0, 0.1) is 0 Å². The molecule has 0 spiro atoms. The monoisotopic (exact) mass is 736 g/mol. The summed E-state index contributed by atoms with van der Waals surface area (Å²) in [5.74, 6) is 0. The Morgan fingerprint density at radius 2 is 0.694 bits per heavy atom. The number of quaternary nitrogens is 2. The van der Waals surface area contributed by atoms with Crippen molar-refractivity contribution in [1.29, 1.82) is 0 Å². The number of hydrogen-bond donors (Lipinski definition) is 2. The van der Waals surface area contributed by atoms with Gasteiger partial charge in [-0.3, -0.25) is 10.6 Å². The van der Waals surface area contributed by atoms with Gasteiger partial charge in [0.15, 0.2) is 0 Å². The Morgan fingerprint density at radius 1 is 0.347 bits per heavy atom. The van der Waals surface area contributed by atoms with Crippen LogP contribution in [-0.2, 0) is 0 Å². The van der Waals surface area contributed by atoms with Crippen LogP contribution < -0.4 is 10.6 Å². The molecule has 0 saturated heterocycles. The Hall–Kier alpha value is -5.40. The minimum Gasteiger partial charge on any atom is -0.280 e. The average molecular weight is 735 g/mol. The first-order valence-electron chi connectivity index (χ1n) is 16.3. The topological polar surface area (TPSA) is 57.9 Å². The molecular formula is C44H32N4Sn+2. The summed E-state index contributed by atoms with van der Waals surface area (Å²) in [5, 5.41) is 4.59. The molecule has 0 amide bonds. The largest absolute Gasteiger partial charge is 0.280 e. The van der Waals surface area contributed by atoms with Gasteiger partial charge in [0, 0.05) is 48.2 Å². The number of allylic oxidation sites excluding steroid dienone is 12. The van der Waals surface area contributed by atoms with Crippen LogP contribution in [0.3, 0.4) is 0 Å². The maximum atomic E-state index is 5.39. The molecule has 0 atom stereocenters. The fourth-order valence-corrected chi connectivity index (χ4v) is 7.06. The van der Waals surface area contributed by atoms with Crippen LogP contribution in [0.25, 0.3) is 22.3 Å². The molecule has 5 heterocycles. The molecule has 230 valence electrons. The van der Waals surface area contributed by atoms with Crippen LogP contribution in [0.1, 0.15) is 22.3 Å². The van der Waals surface area contributed by atoms with E-state index in [1.54, 1.807) is 0 Å². The van der Waals surface area contributed by atoms with Crippen molar-refractivity contribution in [2.75, 3.05) is 0 Å². The summed E-state index contributed by atoms with van der Waals surface area (Å²) in [6.45, 7) is 0. The van der Waals surface area contributed by atoms with Gasteiger partial charge in [0.1, 0.15) is 22.8 Å². The van der Waals surface area contributed by atoms with E-state index in [1.165, 1.54) is 0 Å². The normalized spacial score (nSPS) is 17.8. The van der Waals surface area contributed by atoms with Crippen LogP contribution >= 0.6 is 0 Å². The number of nitrogens with zero attached hydrogens (tertiary/aromatic N) is 2. The van der Waals surface area contributed by atoms with E-state index >= 15 is 0 Å². The zero-order valence-electron chi connectivity index (χ0n) is 26.7. The third kappa shape index (κ3) is 5.74. The van der Waals surface area contributed by atoms with Gasteiger partial charge in [-0.25, -0.2) is 9.98 Å². The summed E-state index contributed by atoms with van der Waals surface area (Å²) < 4.78 is 0. The van der Waals surface area contributed by atoms with E-state index in [2.05, 4.69) is 181 Å². The van der Waals surface area contributed by atoms with Crippen LogP contribution in [0.15, 0.2) is 214 Å². The Labute approximate surface area is 303 Å². The number of fused-ring (bicyclic) bond motifs is 6. The Kier molecular flexibility index (Phi) is 8.35. The number of aliphatic imine (C=N–C) groups is 2. The van der Waals surface area contributed by atoms with Crippen molar-refractivity contribution in [2.45, 2.75) is 0 Å². The third-order valence-corrected chi connectivity index (χ3v) is 9.22. The van der Waals surface area contributed by atoms with Gasteiger partial charge in [-0.2, -0.15) is 0 Å². The molecule has 0 saturated carbocycles. The predicted molar refractivity (Wildman–Crippen MR) is 202 cm³/mol. The Bertz CT molecular complexity index is 2160. The molecule has 5 heteroatoms. The quantitative estimate of drug-likeness (QED) is 0.218. The minimum absolute atomic E-state index is 0. The van der Waals surface area contributed by atoms with E-state index in [4.69, 9.17) is 9.98 Å². The zero-order chi connectivity index (χ0) is 31.9. The molecule has 5 aliphatic rings. The zero-order valence-corrected chi connectivity index (χ0v) is 29.6. The molecule has 0 unspecified atom stereocenters. The van der Waals surface area contributed by atoms with Crippen molar-refractivity contribution in [3.05, 3.63) is 226 Å². The summed E-state index contributed by atoms with van der Waals surface area (Å²) in [6.07, 6.45) is 17.6. The van der Waals surface area contributed by atoms with Crippen LogP contribution in [0.2, 0.25) is 0 Å². The number of hydrogen-bond acceptors (Lipinski definition) is 2. The molecule has 0 aliphatic carbocycles. The third-order valence-electron chi connectivity index (χ3n) is 9.22. The van der Waals surface area contributed by atoms with Crippen molar-refractivity contribution >= 4 is 57.6 Å². The van der Waals surface area contributed by atoms with E-state index in [0.29, 0.717) is 0 Å². The summed E-state index contributed by atoms with van der Waals surface area (Å²) in [7, 11) is 0. The molecule has 9 rings (SSSR count). The molecule has 0 aromatic heterocycles. The molecule has 4 nitrogen and oxygen atoms in total. The van der Waals surface area contributed by atoms with E-state index in [0.717, 1.165) is 90.2 Å². The SMILES string of the molecule is C1=CC2=C(c3ccccc3)C3=CC=C([NH2+]3)C(c3ccccc3)=C3C=CC(=N3)C(c3ccccc3)=C3C=CC(=C(c4ccccc4)C1=N2)[NH2+]3.[Sn]. The molecule has 4 aromatic carbocycles. The van der Waals surface area contributed by atoms with E-state index in [-0.39, 0.29) is 23.9 Å².